The quantitative estimate of drug-likeness (QED) is 0.892. The summed E-state index contributed by atoms with van der Waals surface area (Å²) in [6.07, 6.45) is 1.93. The minimum atomic E-state index is 0.514. The van der Waals surface area contributed by atoms with Crippen LogP contribution in [-0.4, -0.2) is 48.1 Å². The van der Waals surface area contributed by atoms with Crippen molar-refractivity contribution in [3.8, 4) is 0 Å². The van der Waals surface area contributed by atoms with Gasteiger partial charge in [0, 0.05) is 44.5 Å². The minimum absolute atomic E-state index is 0.514. The molecule has 0 saturated carbocycles. The molecule has 20 heavy (non-hydrogen) atoms. The second kappa shape index (κ2) is 7.04. The van der Waals surface area contributed by atoms with E-state index in [1.807, 2.05) is 6.20 Å². The number of piperazine rings is 1. The van der Waals surface area contributed by atoms with Crippen LogP contribution in [0.5, 0.6) is 0 Å². The largest absolute Gasteiger partial charge is 0.354 e. The molecule has 1 atom stereocenters. The van der Waals surface area contributed by atoms with E-state index in [1.54, 1.807) is 0 Å². The van der Waals surface area contributed by atoms with Crippen LogP contribution in [0.3, 0.4) is 0 Å². The molecule has 2 rings (SSSR count). The van der Waals surface area contributed by atoms with E-state index in [-0.39, 0.29) is 0 Å². The molecule has 4 nitrogen and oxygen atoms in total. The van der Waals surface area contributed by atoms with Crippen molar-refractivity contribution in [3.05, 3.63) is 23.9 Å². The van der Waals surface area contributed by atoms with E-state index in [2.05, 4.69) is 59.9 Å². The zero-order chi connectivity index (χ0) is 14.5. The summed E-state index contributed by atoms with van der Waals surface area (Å²) in [5.74, 6) is 1.12. The SMILES string of the molecule is CCN1CCN(c2cc(CNC(C)C)ccn2)CC1C. The van der Waals surface area contributed by atoms with Gasteiger partial charge in [0.15, 0.2) is 0 Å². The van der Waals surface area contributed by atoms with E-state index >= 15 is 0 Å². The molecule has 0 aliphatic carbocycles. The molecule has 0 aromatic carbocycles. The third-order valence-corrected chi connectivity index (χ3v) is 4.02. The molecule has 2 heterocycles. The van der Waals surface area contributed by atoms with E-state index in [9.17, 15) is 0 Å². The van der Waals surface area contributed by atoms with Crippen LogP contribution < -0.4 is 10.2 Å². The topological polar surface area (TPSA) is 31.4 Å². The second-order valence-corrected chi connectivity index (χ2v) is 5.98. The summed E-state index contributed by atoms with van der Waals surface area (Å²) >= 11 is 0. The molecule has 0 spiro atoms. The smallest absolute Gasteiger partial charge is 0.128 e. The summed E-state index contributed by atoms with van der Waals surface area (Å²) in [4.78, 5) is 9.50. The molecule has 1 N–H and O–H groups in total. The number of rotatable bonds is 5. The monoisotopic (exact) mass is 276 g/mol. The number of anilines is 1. The van der Waals surface area contributed by atoms with E-state index in [0.29, 0.717) is 12.1 Å². The molecule has 4 heteroatoms. The second-order valence-electron chi connectivity index (χ2n) is 5.98. The molecule has 1 aromatic rings. The molecule has 0 amide bonds. The van der Waals surface area contributed by atoms with Crippen LogP contribution in [0.2, 0.25) is 0 Å². The Balaban J connectivity index is 2.00. The lowest BCUT2D eigenvalue weighted by Crippen LogP contribution is -2.52. The van der Waals surface area contributed by atoms with Crippen molar-refractivity contribution in [3.63, 3.8) is 0 Å². The number of hydrogen-bond acceptors (Lipinski definition) is 4. The van der Waals surface area contributed by atoms with Crippen LogP contribution in [0.25, 0.3) is 0 Å². The molecule has 1 aliphatic heterocycles. The Morgan fingerprint density at radius 2 is 2.20 bits per heavy atom. The molecular formula is C16H28N4. The highest BCUT2D eigenvalue weighted by molar-refractivity contribution is 5.41. The van der Waals surface area contributed by atoms with Gasteiger partial charge in [0.05, 0.1) is 0 Å². The lowest BCUT2D eigenvalue weighted by molar-refractivity contribution is 0.199. The maximum atomic E-state index is 4.56. The van der Waals surface area contributed by atoms with Crippen LogP contribution in [0.4, 0.5) is 5.82 Å². The lowest BCUT2D eigenvalue weighted by atomic mass is 10.1. The Morgan fingerprint density at radius 3 is 2.85 bits per heavy atom. The van der Waals surface area contributed by atoms with Gasteiger partial charge < -0.3 is 10.2 Å². The van der Waals surface area contributed by atoms with Gasteiger partial charge in [-0.1, -0.05) is 20.8 Å². The van der Waals surface area contributed by atoms with Gasteiger partial charge in [-0.2, -0.15) is 0 Å². The average molecular weight is 276 g/mol. The van der Waals surface area contributed by atoms with Gasteiger partial charge in [-0.25, -0.2) is 4.98 Å². The number of aromatic nitrogens is 1. The van der Waals surface area contributed by atoms with Crippen molar-refractivity contribution in [1.82, 2.24) is 15.2 Å². The van der Waals surface area contributed by atoms with Gasteiger partial charge >= 0.3 is 0 Å². The summed E-state index contributed by atoms with van der Waals surface area (Å²) in [6.45, 7) is 14.2. The number of nitrogens with zero attached hydrogens (tertiary/aromatic N) is 3. The summed E-state index contributed by atoms with van der Waals surface area (Å²) < 4.78 is 0. The Kier molecular flexibility index (Phi) is 5.38. The third kappa shape index (κ3) is 3.93. The third-order valence-electron chi connectivity index (χ3n) is 4.02. The highest BCUT2D eigenvalue weighted by Gasteiger charge is 2.23. The first kappa shape index (κ1) is 15.3. The van der Waals surface area contributed by atoms with Gasteiger partial charge in [0.25, 0.3) is 0 Å². The minimum Gasteiger partial charge on any atom is -0.354 e. The van der Waals surface area contributed by atoms with Crippen molar-refractivity contribution in [2.24, 2.45) is 0 Å². The number of nitrogens with one attached hydrogen (secondary N) is 1. The van der Waals surface area contributed by atoms with Crippen molar-refractivity contribution >= 4 is 5.82 Å². The molecule has 1 fully saturated rings. The van der Waals surface area contributed by atoms with E-state index in [0.717, 1.165) is 38.5 Å². The molecule has 0 radical (unpaired) electrons. The fraction of sp³-hybridized carbons (Fsp3) is 0.688. The maximum absolute atomic E-state index is 4.56. The van der Waals surface area contributed by atoms with Gasteiger partial charge in [-0.05, 0) is 31.2 Å². The zero-order valence-corrected chi connectivity index (χ0v) is 13.3. The van der Waals surface area contributed by atoms with Crippen LogP contribution in [-0.2, 0) is 6.54 Å². The average Bonchev–Trinajstić information content (AvgIpc) is 2.45. The fourth-order valence-electron chi connectivity index (χ4n) is 2.74. The van der Waals surface area contributed by atoms with Crippen molar-refractivity contribution in [2.45, 2.75) is 46.3 Å². The first-order valence-electron chi connectivity index (χ1n) is 7.77. The van der Waals surface area contributed by atoms with Gasteiger partial charge in [0.2, 0.25) is 0 Å². The molecule has 112 valence electrons. The predicted octanol–water partition coefficient (Wildman–Crippen LogP) is 2.11. The van der Waals surface area contributed by atoms with Gasteiger partial charge in [0.1, 0.15) is 5.82 Å². The molecule has 1 unspecified atom stereocenters. The normalized spacial score (nSPS) is 20.6. The van der Waals surface area contributed by atoms with Crippen LogP contribution in [0, 0.1) is 0 Å². The molecule has 1 aromatic heterocycles. The van der Waals surface area contributed by atoms with Crippen LogP contribution >= 0.6 is 0 Å². The van der Waals surface area contributed by atoms with E-state index in [1.165, 1.54) is 5.56 Å². The van der Waals surface area contributed by atoms with Crippen molar-refractivity contribution in [2.75, 3.05) is 31.1 Å². The zero-order valence-electron chi connectivity index (χ0n) is 13.3. The van der Waals surface area contributed by atoms with E-state index in [4.69, 9.17) is 0 Å². The number of pyridine rings is 1. The highest BCUT2D eigenvalue weighted by atomic mass is 15.3. The van der Waals surface area contributed by atoms with Crippen LogP contribution in [0.1, 0.15) is 33.3 Å². The Morgan fingerprint density at radius 1 is 1.40 bits per heavy atom. The van der Waals surface area contributed by atoms with Crippen LogP contribution in [0.15, 0.2) is 18.3 Å². The summed E-state index contributed by atoms with van der Waals surface area (Å²) in [6, 6.07) is 5.45. The fourth-order valence-corrected chi connectivity index (χ4v) is 2.74. The van der Waals surface area contributed by atoms with Crippen molar-refractivity contribution in [1.29, 1.82) is 0 Å². The van der Waals surface area contributed by atoms with Gasteiger partial charge in [-0.3, -0.25) is 4.90 Å². The van der Waals surface area contributed by atoms with E-state index < -0.39 is 0 Å². The number of likely N-dealkylation sites (N-methyl/N-ethyl adjacent to an activating group) is 1. The molecule has 1 aliphatic rings. The summed E-state index contributed by atoms with van der Waals surface area (Å²) in [5, 5.41) is 3.46. The lowest BCUT2D eigenvalue weighted by Gasteiger charge is -2.40. The Bertz CT molecular complexity index is 419. The molecule has 1 saturated heterocycles. The Labute approximate surface area is 123 Å². The standard InChI is InChI=1S/C16H28N4/c1-5-19-8-9-20(12-14(19)4)16-10-15(6-7-17-16)11-18-13(2)3/h6-7,10,13-14,18H,5,8-9,11-12H2,1-4H3. The first-order valence-corrected chi connectivity index (χ1v) is 7.77. The molecular weight excluding hydrogens is 248 g/mol. The highest BCUT2D eigenvalue weighted by Crippen LogP contribution is 2.18. The van der Waals surface area contributed by atoms with Gasteiger partial charge in [-0.15, -0.1) is 0 Å². The summed E-state index contributed by atoms with van der Waals surface area (Å²) in [7, 11) is 0. The number of hydrogen-bond donors (Lipinski definition) is 1. The first-order chi connectivity index (χ1) is 9.60. The summed E-state index contributed by atoms with van der Waals surface area (Å²) in [5.41, 5.74) is 1.31. The molecule has 0 bridgehead atoms. The van der Waals surface area contributed by atoms with Crippen molar-refractivity contribution < 1.29 is 0 Å². The predicted molar refractivity (Wildman–Crippen MR) is 85.1 cm³/mol. The Hall–Kier alpha value is -1.13. The maximum Gasteiger partial charge on any atom is 0.128 e.